The summed E-state index contributed by atoms with van der Waals surface area (Å²) in [4.78, 5) is 12.3. The molecule has 0 heterocycles. The van der Waals surface area contributed by atoms with Crippen molar-refractivity contribution in [3.63, 3.8) is 0 Å². The van der Waals surface area contributed by atoms with Crippen LogP contribution in [0.2, 0.25) is 0 Å². The van der Waals surface area contributed by atoms with Crippen molar-refractivity contribution < 1.29 is 4.79 Å². The van der Waals surface area contributed by atoms with Crippen molar-refractivity contribution in [1.29, 1.82) is 0 Å². The first-order valence-corrected chi connectivity index (χ1v) is 10.6. The molecule has 4 aliphatic carbocycles. The van der Waals surface area contributed by atoms with Gasteiger partial charge in [-0.1, -0.05) is 30.3 Å². The quantitative estimate of drug-likeness (QED) is 0.657. The average Bonchev–Trinajstić information content (AvgIpc) is 2.67. The van der Waals surface area contributed by atoms with Gasteiger partial charge >= 0.3 is 0 Å². The minimum absolute atomic E-state index is 0.0317. The number of para-hydroxylation sites is 3. The highest BCUT2D eigenvalue weighted by Gasteiger charge is 2.51. The van der Waals surface area contributed by atoms with Crippen LogP contribution in [0.25, 0.3) is 0 Å². The average molecular weight is 376 g/mol. The van der Waals surface area contributed by atoms with E-state index in [1.165, 1.54) is 38.5 Å². The fourth-order valence-corrected chi connectivity index (χ4v) is 6.20. The Kier molecular flexibility index (Phi) is 4.50. The third-order valence-corrected chi connectivity index (χ3v) is 6.86. The molecule has 0 radical (unpaired) electrons. The number of anilines is 3. The zero-order valence-electron chi connectivity index (χ0n) is 16.3. The number of hydrogen-bond acceptors (Lipinski definition) is 3. The second-order valence-electron chi connectivity index (χ2n) is 9.14. The Labute approximate surface area is 167 Å². The maximum atomic E-state index is 12.3. The lowest BCUT2D eigenvalue weighted by atomic mass is 9.53. The van der Waals surface area contributed by atoms with Crippen LogP contribution in [0.4, 0.5) is 17.1 Å². The van der Waals surface area contributed by atoms with Gasteiger partial charge in [-0.25, -0.2) is 0 Å². The van der Waals surface area contributed by atoms with E-state index in [1.807, 2.05) is 36.4 Å². The summed E-state index contributed by atoms with van der Waals surface area (Å²) in [6, 6.07) is 17.9. The zero-order chi connectivity index (χ0) is 19.0. The third kappa shape index (κ3) is 3.60. The Morgan fingerprint density at radius 3 is 2.04 bits per heavy atom. The van der Waals surface area contributed by atoms with Gasteiger partial charge in [0.1, 0.15) is 0 Å². The number of rotatable bonds is 6. The molecule has 4 bridgehead atoms. The summed E-state index contributed by atoms with van der Waals surface area (Å²) in [5, 5.41) is 10.2. The minimum Gasteiger partial charge on any atom is -0.378 e. The smallest absolute Gasteiger partial charge is 0.243 e. The highest BCUT2D eigenvalue weighted by atomic mass is 16.1. The highest BCUT2D eigenvalue weighted by molar-refractivity contribution is 5.94. The molecule has 2 aromatic rings. The first-order chi connectivity index (χ1) is 13.7. The SMILES string of the molecule is O=C(CNc1ccccc1NC12CC3CC(CC(C3)C1)C2)Nc1ccccc1. The molecule has 4 nitrogen and oxygen atoms in total. The van der Waals surface area contributed by atoms with Gasteiger partial charge in [0.05, 0.1) is 17.9 Å². The maximum Gasteiger partial charge on any atom is 0.243 e. The second-order valence-corrected chi connectivity index (χ2v) is 9.14. The van der Waals surface area contributed by atoms with Gasteiger partial charge in [0, 0.05) is 11.2 Å². The molecule has 0 unspecified atom stereocenters. The highest BCUT2D eigenvalue weighted by Crippen LogP contribution is 2.56. The molecule has 0 atom stereocenters. The first-order valence-electron chi connectivity index (χ1n) is 10.6. The lowest BCUT2D eigenvalue weighted by Crippen LogP contribution is -2.54. The van der Waals surface area contributed by atoms with Gasteiger partial charge in [0.2, 0.25) is 5.91 Å². The summed E-state index contributed by atoms with van der Waals surface area (Å²) in [5.41, 5.74) is 3.24. The molecule has 1 amide bonds. The van der Waals surface area contributed by atoms with E-state index in [-0.39, 0.29) is 18.0 Å². The predicted molar refractivity (Wildman–Crippen MR) is 115 cm³/mol. The maximum absolute atomic E-state index is 12.3. The van der Waals surface area contributed by atoms with E-state index in [2.05, 4.69) is 34.1 Å². The molecule has 0 aliphatic heterocycles. The summed E-state index contributed by atoms with van der Waals surface area (Å²) in [7, 11) is 0. The molecule has 4 heteroatoms. The monoisotopic (exact) mass is 375 g/mol. The number of benzene rings is 2. The summed E-state index contributed by atoms with van der Waals surface area (Å²) in [6.45, 7) is 0.258. The van der Waals surface area contributed by atoms with Crippen LogP contribution in [0.15, 0.2) is 54.6 Å². The standard InChI is InChI=1S/C24H29N3O/c28-23(26-20-6-2-1-3-7-20)16-25-21-8-4-5-9-22(21)27-24-13-17-10-18(14-24)12-19(11-17)15-24/h1-9,17-19,25,27H,10-16H2,(H,26,28). The summed E-state index contributed by atoms with van der Waals surface area (Å²) >= 11 is 0. The first kappa shape index (κ1) is 17.6. The lowest BCUT2D eigenvalue weighted by molar-refractivity contribution is -0.114. The molecular formula is C24H29N3O. The summed E-state index contributed by atoms with van der Waals surface area (Å²) < 4.78 is 0. The number of carbonyl (C=O) groups is 1. The zero-order valence-corrected chi connectivity index (χ0v) is 16.3. The van der Waals surface area contributed by atoms with E-state index in [0.29, 0.717) is 0 Å². The lowest BCUT2D eigenvalue weighted by Gasteiger charge is -2.57. The normalized spacial score (nSPS) is 30.1. The molecule has 0 spiro atoms. The van der Waals surface area contributed by atoms with Crippen molar-refractivity contribution in [3.05, 3.63) is 54.6 Å². The molecule has 6 rings (SSSR count). The fraction of sp³-hybridized carbons (Fsp3) is 0.458. The van der Waals surface area contributed by atoms with Crippen LogP contribution in [0.3, 0.4) is 0 Å². The molecule has 0 aromatic heterocycles. The molecule has 4 aliphatic rings. The number of nitrogens with one attached hydrogen (secondary N) is 3. The van der Waals surface area contributed by atoms with Gasteiger partial charge in [0.15, 0.2) is 0 Å². The van der Waals surface area contributed by atoms with Crippen molar-refractivity contribution in [2.75, 3.05) is 22.5 Å². The van der Waals surface area contributed by atoms with E-state index in [9.17, 15) is 4.79 Å². The Hall–Kier alpha value is -2.49. The van der Waals surface area contributed by atoms with Crippen molar-refractivity contribution in [3.8, 4) is 0 Å². The van der Waals surface area contributed by atoms with Crippen molar-refractivity contribution in [2.24, 2.45) is 17.8 Å². The second kappa shape index (κ2) is 7.16. The summed E-state index contributed by atoms with van der Waals surface area (Å²) in [6.07, 6.45) is 8.26. The van der Waals surface area contributed by atoms with E-state index >= 15 is 0 Å². The van der Waals surface area contributed by atoms with Crippen LogP contribution in [0.1, 0.15) is 38.5 Å². The Balaban J connectivity index is 1.25. The van der Waals surface area contributed by atoms with E-state index < -0.39 is 0 Å². The van der Waals surface area contributed by atoms with Gasteiger partial charge in [0.25, 0.3) is 0 Å². The van der Waals surface area contributed by atoms with Crippen LogP contribution in [0.5, 0.6) is 0 Å². The van der Waals surface area contributed by atoms with Crippen LogP contribution < -0.4 is 16.0 Å². The Bertz CT molecular complexity index is 813. The van der Waals surface area contributed by atoms with Crippen LogP contribution in [-0.4, -0.2) is 18.0 Å². The van der Waals surface area contributed by atoms with Crippen molar-refractivity contribution >= 4 is 23.0 Å². The molecule has 2 aromatic carbocycles. The van der Waals surface area contributed by atoms with Gasteiger partial charge in [-0.3, -0.25) is 4.79 Å². The molecule has 0 saturated heterocycles. The van der Waals surface area contributed by atoms with Gasteiger partial charge < -0.3 is 16.0 Å². The van der Waals surface area contributed by atoms with E-state index in [1.54, 1.807) is 0 Å². The molecule has 146 valence electrons. The van der Waals surface area contributed by atoms with Gasteiger partial charge in [-0.05, 0) is 80.5 Å². The van der Waals surface area contributed by atoms with Crippen molar-refractivity contribution in [1.82, 2.24) is 0 Å². The third-order valence-electron chi connectivity index (χ3n) is 6.86. The Morgan fingerprint density at radius 1 is 0.821 bits per heavy atom. The van der Waals surface area contributed by atoms with E-state index in [0.717, 1.165) is 34.8 Å². The van der Waals surface area contributed by atoms with Gasteiger partial charge in [-0.15, -0.1) is 0 Å². The molecule has 28 heavy (non-hydrogen) atoms. The number of hydrogen-bond donors (Lipinski definition) is 3. The molecular weight excluding hydrogens is 346 g/mol. The Morgan fingerprint density at radius 2 is 1.39 bits per heavy atom. The molecule has 3 N–H and O–H groups in total. The van der Waals surface area contributed by atoms with Crippen molar-refractivity contribution in [2.45, 2.75) is 44.1 Å². The predicted octanol–water partition coefficient (Wildman–Crippen LogP) is 5.12. The van der Waals surface area contributed by atoms with Crippen LogP contribution in [-0.2, 0) is 4.79 Å². The molecule has 4 saturated carbocycles. The fourth-order valence-electron chi connectivity index (χ4n) is 6.20. The number of amides is 1. The molecule has 4 fully saturated rings. The largest absolute Gasteiger partial charge is 0.378 e. The summed E-state index contributed by atoms with van der Waals surface area (Å²) in [5.74, 6) is 2.71. The topological polar surface area (TPSA) is 53.2 Å². The number of carbonyl (C=O) groups excluding carboxylic acids is 1. The van der Waals surface area contributed by atoms with Crippen LogP contribution in [0, 0.1) is 17.8 Å². The van der Waals surface area contributed by atoms with Gasteiger partial charge in [-0.2, -0.15) is 0 Å². The van der Waals surface area contributed by atoms with E-state index in [4.69, 9.17) is 0 Å². The minimum atomic E-state index is -0.0317. The van der Waals surface area contributed by atoms with Crippen LogP contribution >= 0.6 is 0 Å².